The second kappa shape index (κ2) is 7.34. The molecule has 0 radical (unpaired) electrons. The molecule has 0 aromatic heterocycles. The van der Waals surface area contributed by atoms with Gasteiger partial charge in [-0.05, 0) is 36.2 Å². The van der Waals surface area contributed by atoms with Crippen LogP contribution in [0, 0.1) is 0 Å². The van der Waals surface area contributed by atoms with E-state index in [0.717, 1.165) is 5.56 Å². The Kier molecular flexibility index (Phi) is 5.46. The van der Waals surface area contributed by atoms with Gasteiger partial charge in [0.25, 0.3) is 0 Å². The Bertz CT molecular complexity index is 775. The first-order chi connectivity index (χ1) is 11.0. The van der Waals surface area contributed by atoms with Crippen LogP contribution in [0.3, 0.4) is 0 Å². The maximum atomic E-state index is 12.2. The molecule has 0 unspecified atom stereocenters. The topological polar surface area (TPSA) is 90.7 Å². The summed E-state index contributed by atoms with van der Waals surface area (Å²) >= 11 is 0. The standard InChI is InChI=1S/C16H20N2O4S/c1-21-14-8-7-12(11-15(14)22-2)9-10-18-23(19,20)16-6-4-3-5-13(16)17/h3-8,11,18H,9-10,17H2,1-2H3. The lowest BCUT2D eigenvalue weighted by atomic mass is 10.1. The second-order valence-electron chi connectivity index (χ2n) is 4.87. The molecule has 124 valence electrons. The lowest BCUT2D eigenvalue weighted by Gasteiger charge is -2.11. The predicted octanol–water partition coefficient (Wildman–Crippen LogP) is 1.81. The number of sulfonamides is 1. The summed E-state index contributed by atoms with van der Waals surface area (Å²) in [5.74, 6) is 1.24. The lowest BCUT2D eigenvalue weighted by molar-refractivity contribution is 0.354. The maximum Gasteiger partial charge on any atom is 0.242 e. The van der Waals surface area contributed by atoms with Crippen LogP contribution >= 0.6 is 0 Å². The van der Waals surface area contributed by atoms with E-state index in [-0.39, 0.29) is 17.1 Å². The van der Waals surface area contributed by atoms with Gasteiger partial charge in [0.15, 0.2) is 11.5 Å². The zero-order valence-corrected chi connectivity index (χ0v) is 13.9. The van der Waals surface area contributed by atoms with Crippen molar-refractivity contribution < 1.29 is 17.9 Å². The third-order valence-corrected chi connectivity index (χ3v) is 4.90. The summed E-state index contributed by atoms with van der Waals surface area (Å²) < 4.78 is 37.4. The normalized spacial score (nSPS) is 11.2. The molecule has 3 N–H and O–H groups in total. The van der Waals surface area contributed by atoms with Gasteiger partial charge in [-0.15, -0.1) is 0 Å². The SMILES string of the molecule is COc1ccc(CCNS(=O)(=O)c2ccccc2N)cc1OC. The van der Waals surface area contributed by atoms with Crippen molar-refractivity contribution in [2.24, 2.45) is 0 Å². The molecule has 0 aliphatic carbocycles. The molecule has 0 aliphatic heterocycles. The molecule has 6 nitrogen and oxygen atoms in total. The number of methoxy groups -OCH3 is 2. The van der Waals surface area contributed by atoms with Crippen molar-refractivity contribution in [3.63, 3.8) is 0 Å². The largest absolute Gasteiger partial charge is 0.493 e. The molecule has 0 fully saturated rings. The molecule has 0 amide bonds. The Morgan fingerprint density at radius 2 is 1.74 bits per heavy atom. The van der Waals surface area contributed by atoms with Crippen LogP contribution in [0.5, 0.6) is 11.5 Å². The van der Waals surface area contributed by atoms with Crippen LogP contribution in [0.4, 0.5) is 5.69 Å². The highest BCUT2D eigenvalue weighted by Crippen LogP contribution is 2.27. The third-order valence-electron chi connectivity index (χ3n) is 3.36. The highest BCUT2D eigenvalue weighted by Gasteiger charge is 2.16. The summed E-state index contributed by atoms with van der Waals surface area (Å²) in [6, 6.07) is 11.8. The molecule has 0 saturated heterocycles. The van der Waals surface area contributed by atoms with E-state index in [1.165, 1.54) is 6.07 Å². The van der Waals surface area contributed by atoms with E-state index in [0.29, 0.717) is 17.9 Å². The first-order valence-corrected chi connectivity index (χ1v) is 8.51. The van der Waals surface area contributed by atoms with Gasteiger partial charge in [-0.25, -0.2) is 13.1 Å². The van der Waals surface area contributed by atoms with Crippen LogP contribution in [0.2, 0.25) is 0 Å². The van der Waals surface area contributed by atoms with Crippen molar-refractivity contribution >= 4 is 15.7 Å². The van der Waals surface area contributed by atoms with E-state index >= 15 is 0 Å². The summed E-state index contributed by atoms with van der Waals surface area (Å²) in [6.07, 6.45) is 0.520. The number of nitrogens with two attached hydrogens (primary N) is 1. The number of anilines is 1. The Hall–Kier alpha value is -2.25. The number of para-hydroxylation sites is 1. The van der Waals surface area contributed by atoms with E-state index in [1.54, 1.807) is 38.5 Å². The van der Waals surface area contributed by atoms with Gasteiger partial charge in [0.05, 0.1) is 19.9 Å². The first-order valence-electron chi connectivity index (χ1n) is 7.03. The molecule has 2 aromatic carbocycles. The minimum atomic E-state index is -3.62. The Morgan fingerprint density at radius 3 is 2.39 bits per heavy atom. The van der Waals surface area contributed by atoms with Gasteiger partial charge in [-0.1, -0.05) is 18.2 Å². The van der Waals surface area contributed by atoms with Crippen LogP contribution in [0.25, 0.3) is 0 Å². The van der Waals surface area contributed by atoms with Crippen molar-refractivity contribution in [2.75, 3.05) is 26.5 Å². The fourth-order valence-electron chi connectivity index (χ4n) is 2.17. The maximum absolute atomic E-state index is 12.2. The van der Waals surface area contributed by atoms with Crippen LogP contribution in [-0.2, 0) is 16.4 Å². The molecule has 0 spiro atoms. The molecule has 0 aliphatic rings. The summed E-state index contributed by atoms with van der Waals surface area (Å²) in [6.45, 7) is 0.256. The Morgan fingerprint density at radius 1 is 1.04 bits per heavy atom. The highest BCUT2D eigenvalue weighted by molar-refractivity contribution is 7.89. The van der Waals surface area contributed by atoms with E-state index in [4.69, 9.17) is 15.2 Å². The minimum absolute atomic E-state index is 0.0901. The molecular weight excluding hydrogens is 316 g/mol. The van der Waals surface area contributed by atoms with Gasteiger partial charge in [0.2, 0.25) is 10.0 Å². The zero-order valence-electron chi connectivity index (χ0n) is 13.1. The van der Waals surface area contributed by atoms with Crippen LogP contribution in [0.1, 0.15) is 5.56 Å². The van der Waals surface area contributed by atoms with E-state index in [9.17, 15) is 8.42 Å². The molecule has 0 bridgehead atoms. The van der Waals surface area contributed by atoms with Crippen LogP contribution in [-0.4, -0.2) is 29.2 Å². The van der Waals surface area contributed by atoms with Crippen molar-refractivity contribution in [3.05, 3.63) is 48.0 Å². The first kappa shape index (κ1) is 17.1. The molecule has 2 rings (SSSR count). The fraction of sp³-hybridized carbons (Fsp3) is 0.250. The molecule has 7 heteroatoms. The van der Waals surface area contributed by atoms with Crippen molar-refractivity contribution in [1.29, 1.82) is 0 Å². The zero-order chi connectivity index (χ0) is 16.9. The number of benzene rings is 2. The minimum Gasteiger partial charge on any atom is -0.493 e. The highest BCUT2D eigenvalue weighted by atomic mass is 32.2. The Balaban J connectivity index is 2.04. The van der Waals surface area contributed by atoms with Gasteiger partial charge in [-0.2, -0.15) is 0 Å². The van der Waals surface area contributed by atoms with Gasteiger partial charge < -0.3 is 15.2 Å². The van der Waals surface area contributed by atoms with Gasteiger partial charge in [0, 0.05) is 6.54 Å². The van der Waals surface area contributed by atoms with Crippen molar-refractivity contribution in [3.8, 4) is 11.5 Å². The molecule has 23 heavy (non-hydrogen) atoms. The number of nitrogen functional groups attached to an aromatic ring is 1. The summed E-state index contributed by atoms with van der Waals surface area (Å²) in [5.41, 5.74) is 6.87. The van der Waals surface area contributed by atoms with Crippen molar-refractivity contribution in [1.82, 2.24) is 4.72 Å². The number of ether oxygens (including phenoxy) is 2. The molecule has 2 aromatic rings. The summed E-state index contributed by atoms with van der Waals surface area (Å²) in [4.78, 5) is 0.0901. The van der Waals surface area contributed by atoms with E-state index in [2.05, 4.69) is 4.72 Å². The number of nitrogens with one attached hydrogen (secondary N) is 1. The van der Waals surface area contributed by atoms with Crippen LogP contribution < -0.4 is 19.9 Å². The van der Waals surface area contributed by atoms with Crippen LogP contribution in [0.15, 0.2) is 47.4 Å². The molecule has 0 atom stereocenters. The average Bonchev–Trinajstić information content (AvgIpc) is 2.54. The smallest absolute Gasteiger partial charge is 0.242 e. The summed E-state index contributed by atoms with van der Waals surface area (Å²) in [5, 5.41) is 0. The lowest BCUT2D eigenvalue weighted by Crippen LogP contribution is -2.26. The Labute approximate surface area is 136 Å². The fourth-order valence-corrected chi connectivity index (χ4v) is 3.33. The molecular formula is C16H20N2O4S. The van der Waals surface area contributed by atoms with E-state index in [1.807, 2.05) is 12.1 Å². The quantitative estimate of drug-likeness (QED) is 0.753. The number of rotatable bonds is 7. The monoisotopic (exact) mass is 336 g/mol. The predicted molar refractivity (Wildman–Crippen MR) is 89.3 cm³/mol. The van der Waals surface area contributed by atoms with E-state index < -0.39 is 10.0 Å². The number of hydrogen-bond donors (Lipinski definition) is 2. The molecule has 0 saturated carbocycles. The van der Waals surface area contributed by atoms with Gasteiger partial charge in [-0.3, -0.25) is 0 Å². The third kappa shape index (κ3) is 4.14. The average molecular weight is 336 g/mol. The second-order valence-corrected chi connectivity index (χ2v) is 6.61. The number of hydrogen-bond acceptors (Lipinski definition) is 5. The van der Waals surface area contributed by atoms with Gasteiger partial charge in [0.1, 0.15) is 4.90 Å². The van der Waals surface area contributed by atoms with Crippen molar-refractivity contribution in [2.45, 2.75) is 11.3 Å². The van der Waals surface area contributed by atoms with Gasteiger partial charge >= 0.3 is 0 Å². The summed E-state index contributed by atoms with van der Waals surface area (Å²) in [7, 11) is -0.497. The molecule has 0 heterocycles.